The molecule has 142 valence electrons. The van der Waals surface area contributed by atoms with E-state index in [4.69, 9.17) is 10.2 Å². The summed E-state index contributed by atoms with van der Waals surface area (Å²) in [5.74, 6) is -1.42. The fourth-order valence-electron chi connectivity index (χ4n) is 2.87. The van der Waals surface area contributed by atoms with Crippen LogP contribution < -0.4 is 0 Å². The lowest BCUT2D eigenvalue weighted by Gasteiger charge is -2.10. The first kappa shape index (κ1) is 22.9. The molecule has 0 rings (SSSR count). The Bertz CT molecular complexity index is 317. The smallest absolute Gasteiger partial charge is 0.303 e. The molecule has 0 aromatic carbocycles. The van der Waals surface area contributed by atoms with Gasteiger partial charge < -0.3 is 15.3 Å². The molecule has 0 spiro atoms. The summed E-state index contributed by atoms with van der Waals surface area (Å²) in [5.41, 5.74) is 0. The predicted molar refractivity (Wildman–Crippen MR) is 95.2 cm³/mol. The van der Waals surface area contributed by atoms with Crippen molar-refractivity contribution in [2.45, 2.75) is 109 Å². The van der Waals surface area contributed by atoms with Crippen LogP contribution in [0.3, 0.4) is 0 Å². The molecule has 5 heteroatoms. The maximum absolute atomic E-state index is 10.4. The topological polar surface area (TPSA) is 94.8 Å². The van der Waals surface area contributed by atoms with E-state index < -0.39 is 11.9 Å². The number of carboxylic acids is 2. The van der Waals surface area contributed by atoms with Crippen molar-refractivity contribution in [3.63, 3.8) is 0 Å². The molecule has 1 atom stereocenters. The molecule has 0 saturated carbocycles. The van der Waals surface area contributed by atoms with Crippen LogP contribution in [0.5, 0.6) is 0 Å². The van der Waals surface area contributed by atoms with Crippen LogP contribution in [0.1, 0.15) is 103 Å². The zero-order chi connectivity index (χ0) is 18.0. The van der Waals surface area contributed by atoms with E-state index in [1.807, 2.05) is 0 Å². The summed E-state index contributed by atoms with van der Waals surface area (Å²) < 4.78 is 0. The van der Waals surface area contributed by atoms with Gasteiger partial charge in [0.25, 0.3) is 0 Å². The average Bonchev–Trinajstić information content (AvgIpc) is 2.51. The van der Waals surface area contributed by atoms with Crippen molar-refractivity contribution in [2.24, 2.45) is 0 Å². The molecule has 0 unspecified atom stereocenters. The Kier molecular flexibility index (Phi) is 16.0. The minimum atomic E-state index is -0.717. The highest BCUT2D eigenvalue weighted by Gasteiger charge is 2.04. The molecule has 0 aliphatic heterocycles. The Morgan fingerprint density at radius 2 is 0.833 bits per heavy atom. The minimum Gasteiger partial charge on any atom is -0.481 e. The van der Waals surface area contributed by atoms with E-state index in [9.17, 15) is 14.7 Å². The molecule has 0 aromatic rings. The van der Waals surface area contributed by atoms with Crippen LogP contribution in [0.4, 0.5) is 0 Å². The molecular weight excluding hydrogens is 308 g/mol. The van der Waals surface area contributed by atoms with Crippen molar-refractivity contribution in [1.82, 2.24) is 0 Å². The second kappa shape index (κ2) is 16.7. The maximum atomic E-state index is 10.4. The summed E-state index contributed by atoms with van der Waals surface area (Å²) in [7, 11) is 0. The summed E-state index contributed by atoms with van der Waals surface area (Å²) >= 11 is 0. The highest BCUT2D eigenvalue weighted by Crippen LogP contribution is 2.14. The van der Waals surface area contributed by atoms with Crippen molar-refractivity contribution in [3.8, 4) is 0 Å². The van der Waals surface area contributed by atoms with E-state index in [0.717, 1.165) is 83.5 Å². The molecule has 0 aliphatic carbocycles. The van der Waals surface area contributed by atoms with Gasteiger partial charge in [-0.25, -0.2) is 0 Å². The molecule has 0 aliphatic rings. The van der Waals surface area contributed by atoms with Gasteiger partial charge in [0.05, 0.1) is 6.10 Å². The van der Waals surface area contributed by atoms with Crippen LogP contribution in [-0.4, -0.2) is 33.4 Å². The number of rotatable bonds is 18. The summed E-state index contributed by atoms with van der Waals surface area (Å²) in [6.07, 6.45) is 14.4. The molecular formula is C19H36O5. The molecule has 5 nitrogen and oxygen atoms in total. The van der Waals surface area contributed by atoms with Gasteiger partial charge in [-0.05, 0) is 25.7 Å². The highest BCUT2D eigenvalue weighted by molar-refractivity contribution is 5.66. The van der Waals surface area contributed by atoms with Gasteiger partial charge in [-0.2, -0.15) is 0 Å². The van der Waals surface area contributed by atoms with Crippen LogP contribution >= 0.6 is 0 Å². The summed E-state index contributed by atoms with van der Waals surface area (Å²) in [6.45, 7) is 0. The number of carboxylic acid groups (broad SMARTS) is 2. The van der Waals surface area contributed by atoms with Crippen LogP contribution in [0.15, 0.2) is 0 Å². The van der Waals surface area contributed by atoms with Gasteiger partial charge >= 0.3 is 11.9 Å². The second-order valence-electron chi connectivity index (χ2n) is 6.76. The van der Waals surface area contributed by atoms with Crippen LogP contribution in [-0.2, 0) is 9.59 Å². The molecule has 0 saturated heterocycles. The Hall–Kier alpha value is -1.10. The molecule has 0 radical (unpaired) electrons. The van der Waals surface area contributed by atoms with Crippen molar-refractivity contribution in [3.05, 3.63) is 0 Å². The van der Waals surface area contributed by atoms with Gasteiger partial charge in [0.1, 0.15) is 0 Å². The summed E-state index contributed by atoms with van der Waals surface area (Å²) in [5, 5.41) is 27.0. The first-order valence-corrected chi connectivity index (χ1v) is 9.64. The number of aliphatic hydroxyl groups is 1. The zero-order valence-corrected chi connectivity index (χ0v) is 15.0. The van der Waals surface area contributed by atoms with Gasteiger partial charge in [-0.1, -0.05) is 64.2 Å². The fraction of sp³-hybridized carbons (Fsp3) is 0.895. The first-order valence-electron chi connectivity index (χ1n) is 9.64. The molecule has 0 aromatic heterocycles. The van der Waals surface area contributed by atoms with E-state index in [0.29, 0.717) is 0 Å². The number of unbranched alkanes of at least 4 members (excludes halogenated alkanes) is 10. The SMILES string of the molecule is O=C(O)CCCCCCCCC[C@@H](O)CCCCCCCC(=O)O. The Morgan fingerprint density at radius 3 is 1.17 bits per heavy atom. The first-order chi connectivity index (χ1) is 11.5. The average molecular weight is 344 g/mol. The van der Waals surface area contributed by atoms with Crippen LogP contribution in [0.2, 0.25) is 0 Å². The van der Waals surface area contributed by atoms with Crippen molar-refractivity contribution >= 4 is 11.9 Å². The Labute approximate surface area is 146 Å². The standard InChI is InChI=1S/C19H36O5/c20-17(14-10-6-4-8-12-16-19(23)24)13-9-5-2-1-3-7-11-15-18(21)22/h17,20H,1-16H2,(H,21,22)(H,23,24)/t17-/m1/s1. The monoisotopic (exact) mass is 344 g/mol. The number of hydrogen-bond donors (Lipinski definition) is 3. The lowest BCUT2D eigenvalue weighted by Crippen LogP contribution is -2.06. The number of aliphatic carboxylic acids is 2. The Morgan fingerprint density at radius 1 is 0.542 bits per heavy atom. The largest absolute Gasteiger partial charge is 0.481 e. The third-order valence-electron chi connectivity index (χ3n) is 4.36. The fourth-order valence-corrected chi connectivity index (χ4v) is 2.87. The van der Waals surface area contributed by atoms with Crippen molar-refractivity contribution < 1.29 is 24.9 Å². The number of hydrogen-bond acceptors (Lipinski definition) is 3. The quantitative estimate of drug-likeness (QED) is 0.312. The third kappa shape index (κ3) is 18.9. The number of carbonyl (C=O) groups is 2. The van der Waals surface area contributed by atoms with E-state index in [-0.39, 0.29) is 18.9 Å². The summed E-state index contributed by atoms with van der Waals surface area (Å²) in [6, 6.07) is 0. The van der Waals surface area contributed by atoms with E-state index in [1.165, 1.54) is 6.42 Å². The van der Waals surface area contributed by atoms with Crippen molar-refractivity contribution in [1.29, 1.82) is 0 Å². The lowest BCUT2D eigenvalue weighted by molar-refractivity contribution is -0.138. The molecule has 3 N–H and O–H groups in total. The van der Waals surface area contributed by atoms with Crippen LogP contribution in [0, 0.1) is 0 Å². The maximum Gasteiger partial charge on any atom is 0.303 e. The lowest BCUT2D eigenvalue weighted by atomic mass is 10.0. The van der Waals surface area contributed by atoms with Crippen LogP contribution in [0.25, 0.3) is 0 Å². The van der Waals surface area contributed by atoms with Gasteiger partial charge in [-0.3, -0.25) is 9.59 Å². The second-order valence-corrected chi connectivity index (χ2v) is 6.76. The molecule has 0 heterocycles. The summed E-state index contributed by atoms with van der Waals surface area (Å²) in [4.78, 5) is 20.7. The van der Waals surface area contributed by atoms with E-state index in [2.05, 4.69) is 0 Å². The van der Waals surface area contributed by atoms with Gasteiger partial charge in [0, 0.05) is 12.8 Å². The zero-order valence-electron chi connectivity index (χ0n) is 15.0. The van der Waals surface area contributed by atoms with Gasteiger partial charge in [-0.15, -0.1) is 0 Å². The van der Waals surface area contributed by atoms with Gasteiger partial charge in [0.2, 0.25) is 0 Å². The van der Waals surface area contributed by atoms with E-state index >= 15 is 0 Å². The molecule has 0 fully saturated rings. The Balaban J connectivity index is 3.19. The molecule has 0 amide bonds. The molecule has 0 bridgehead atoms. The number of aliphatic hydroxyl groups excluding tert-OH is 1. The van der Waals surface area contributed by atoms with Crippen molar-refractivity contribution in [2.75, 3.05) is 0 Å². The molecule has 24 heavy (non-hydrogen) atoms. The minimum absolute atomic E-state index is 0.195. The predicted octanol–water partition coefficient (Wildman–Crippen LogP) is 4.76. The third-order valence-corrected chi connectivity index (χ3v) is 4.36. The normalized spacial score (nSPS) is 12.2. The van der Waals surface area contributed by atoms with Gasteiger partial charge in [0.15, 0.2) is 0 Å². The van der Waals surface area contributed by atoms with E-state index in [1.54, 1.807) is 0 Å². The highest BCUT2D eigenvalue weighted by atomic mass is 16.4.